The van der Waals surface area contributed by atoms with E-state index in [4.69, 9.17) is 5.11 Å². The second-order valence-corrected chi connectivity index (χ2v) is 4.36. The number of nitrogens with one attached hydrogen (secondary N) is 2. The van der Waals surface area contributed by atoms with Crippen LogP contribution in [0.3, 0.4) is 0 Å². The van der Waals surface area contributed by atoms with Gasteiger partial charge < -0.3 is 15.7 Å². The van der Waals surface area contributed by atoms with Gasteiger partial charge in [0.2, 0.25) is 5.91 Å². The fourth-order valence-corrected chi connectivity index (χ4v) is 1.84. The molecular formula is C13H15N3O4. The van der Waals surface area contributed by atoms with Gasteiger partial charge in [-0.3, -0.25) is 14.5 Å². The molecule has 0 bridgehead atoms. The first-order valence-electron chi connectivity index (χ1n) is 6.18. The standard InChI is InChI=1S/C13H15N3O4/c17-6-5-9-1-3-10(4-2-9)15-11(18)8-16-12(19)7-14-13(16)20/h1-4,17H,5-8H2,(H,14,20)(H,15,18). The van der Waals surface area contributed by atoms with Crippen LogP contribution in [0, 0.1) is 0 Å². The van der Waals surface area contributed by atoms with E-state index in [0.717, 1.165) is 10.5 Å². The van der Waals surface area contributed by atoms with E-state index in [-0.39, 0.29) is 19.7 Å². The molecule has 1 fully saturated rings. The number of benzene rings is 1. The second-order valence-electron chi connectivity index (χ2n) is 4.36. The average molecular weight is 277 g/mol. The second kappa shape index (κ2) is 6.16. The van der Waals surface area contributed by atoms with E-state index in [0.29, 0.717) is 12.1 Å². The Hall–Kier alpha value is -2.41. The van der Waals surface area contributed by atoms with Crippen molar-refractivity contribution in [2.45, 2.75) is 6.42 Å². The number of urea groups is 1. The van der Waals surface area contributed by atoms with E-state index in [2.05, 4.69) is 10.6 Å². The lowest BCUT2D eigenvalue weighted by Crippen LogP contribution is -2.38. The summed E-state index contributed by atoms with van der Waals surface area (Å²) in [4.78, 5) is 35.2. The van der Waals surface area contributed by atoms with Gasteiger partial charge in [0.25, 0.3) is 5.91 Å². The minimum absolute atomic E-state index is 0.0674. The van der Waals surface area contributed by atoms with Crippen LogP contribution >= 0.6 is 0 Å². The van der Waals surface area contributed by atoms with Gasteiger partial charge in [0, 0.05) is 12.3 Å². The number of hydrogen-bond donors (Lipinski definition) is 3. The van der Waals surface area contributed by atoms with Crippen molar-refractivity contribution in [3.8, 4) is 0 Å². The number of anilines is 1. The summed E-state index contributed by atoms with van der Waals surface area (Å²) >= 11 is 0. The molecule has 7 nitrogen and oxygen atoms in total. The average Bonchev–Trinajstić information content (AvgIpc) is 2.73. The highest BCUT2D eigenvalue weighted by atomic mass is 16.3. The number of carbonyl (C=O) groups excluding carboxylic acids is 3. The SMILES string of the molecule is O=C(CN1C(=O)CNC1=O)Nc1ccc(CCO)cc1. The number of rotatable bonds is 5. The Bertz CT molecular complexity index is 511. The smallest absolute Gasteiger partial charge is 0.325 e. The lowest BCUT2D eigenvalue weighted by atomic mass is 10.1. The predicted octanol–water partition coefficient (Wildman–Crippen LogP) is -0.288. The summed E-state index contributed by atoms with van der Waals surface area (Å²) in [5.41, 5.74) is 1.53. The van der Waals surface area contributed by atoms with E-state index in [1.807, 2.05) is 0 Å². The number of nitrogens with zero attached hydrogens (tertiary/aromatic N) is 1. The Morgan fingerprint density at radius 2 is 2.00 bits per heavy atom. The van der Waals surface area contributed by atoms with E-state index in [1.165, 1.54) is 0 Å². The van der Waals surface area contributed by atoms with Crippen molar-refractivity contribution in [1.29, 1.82) is 0 Å². The summed E-state index contributed by atoms with van der Waals surface area (Å²) in [6.07, 6.45) is 0.552. The lowest BCUT2D eigenvalue weighted by molar-refractivity contribution is -0.128. The highest BCUT2D eigenvalue weighted by molar-refractivity contribution is 6.06. The van der Waals surface area contributed by atoms with Gasteiger partial charge >= 0.3 is 6.03 Å². The molecule has 4 amide bonds. The molecule has 3 N–H and O–H groups in total. The van der Waals surface area contributed by atoms with Crippen molar-refractivity contribution in [2.24, 2.45) is 0 Å². The topological polar surface area (TPSA) is 98.7 Å². The third-order valence-corrected chi connectivity index (χ3v) is 2.88. The number of carbonyl (C=O) groups is 3. The molecule has 0 radical (unpaired) electrons. The normalized spacial score (nSPS) is 14.3. The lowest BCUT2D eigenvalue weighted by Gasteiger charge is -2.12. The molecular weight excluding hydrogens is 262 g/mol. The molecule has 0 saturated carbocycles. The minimum atomic E-state index is -0.552. The zero-order valence-electron chi connectivity index (χ0n) is 10.8. The van der Waals surface area contributed by atoms with E-state index >= 15 is 0 Å². The fourth-order valence-electron chi connectivity index (χ4n) is 1.84. The Morgan fingerprint density at radius 1 is 1.30 bits per heavy atom. The quantitative estimate of drug-likeness (QED) is 0.644. The van der Waals surface area contributed by atoms with Crippen LogP contribution in [0.15, 0.2) is 24.3 Å². The molecule has 1 saturated heterocycles. The monoisotopic (exact) mass is 277 g/mol. The van der Waals surface area contributed by atoms with Crippen LogP contribution in [0.1, 0.15) is 5.56 Å². The van der Waals surface area contributed by atoms with Gasteiger partial charge in [0.15, 0.2) is 0 Å². The van der Waals surface area contributed by atoms with Crippen molar-refractivity contribution in [3.63, 3.8) is 0 Å². The van der Waals surface area contributed by atoms with Gasteiger partial charge in [-0.2, -0.15) is 0 Å². The molecule has 0 atom stereocenters. The summed E-state index contributed by atoms with van der Waals surface area (Å²) in [6.45, 7) is -0.303. The highest BCUT2D eigenvalue weighted by Gasteiger charge is 2.30. The maximum Gasteiger partial charge on any atom is 0.325 e. The predicted molar refractivity (Wildman–Crippen MR) is 71.0 cm³/mol. The number of aliphatic hydroxyl groups excluding tert-OH is 1. The molecule has 1 aromatic carbocycles. The maximum absolute atomic E-state index is 11.7. The Kier molecular flexibility index (Phi) is 4.31. The number of amides is 4. The van der Waals surface area contributed by atoms with Gasteiger partial charge in [-0.05, 0) is 24.1 Å². The molecule has 20 heavy (non-hydrogen) atoms. The van der Waals surface area contributed by atoms with E-state index < -0.39 is 17.8 Å². The van der Waals surface area contributed by atoms with E-state index in [9.17, 15) is 14.4 Å². The summed E-state index contributed by atoms with van der Waals surface area (Å²) < 4.78 is 0. The van der Waals surface area contributed by atoms with Crippen molar-refractivity contribution in [3.05, 3.63) is 29.8 Å². The van der Waals surface area contributed by atoms with Crippen molar-refractivity contribution in [1.82, 2.24) is 10.2 Å². The molecule has 0 spiro atoms. The molecule has 1 aliphatic heterocycles. The van der Waals surface area contributed by atoms with Gasteiger partial charge in [0.1, 0.15) is 6.54 Å². The zero-order valence-corrected chi connectivity index (χ0v) is 10.8. The fraction of sp³-hybridized carbons (Fsp3) is 0.308. The molecule has 1 aliphatic rings. The zero-order chi connectivity index (χ0) is 14.5. The number of hydrogen-bond acceptors (Lipinski definition) is 4. The summed E-state index contributed by atoms with van der Waals surface area (Å²) in [7, 11) is 0. The van der Waals surface area contributed by atoms with Crippen molar-refractivity contribution in [2.75, 3.05) is 25.0 Å². The Labute approximate surface area is 115 Å². The first-order chi connectivity index (χ1) is 9.60. The number of imide groups is 1. The molecule has 1 aromatic rings. The van der Waals surface area contributed by atoms with Crippen molar-refractivity contribution >= 4 is 23.5 Å². The van der Waals surface area contributed by atoms with Gasteiger partial charge in [-0.15, -0.1) is 0 Å². The third-order valence-electron chi connectivity index (χ3n) is 2.88. The Morgan fingerprint density at radius 3 is 2.55 bits per heavy atom. The Balaban J connectivity index is 1.91. The summed E-state index contributed by atoms with van der Waals surface area (Å²) in [6, 6.07) is 6.44. The molecule has 1 heterocycles. The minimum Gasteiger partial charge on any atom is -0.396 e. The van der Waals surface area contributed by atoms with Crippen LogP contribution in [0.4, 0.5) is 10.5 Å². The van der Waals surface area contributed by atoms with E-state index in [1.54, 1.807) is 24.3 Å². The third kappa shape index (κ3) is 3.33. The van der Waals surface area contributed by atoms with Crippen LogP contribution in [0.25, 0.3) is 0 Å². The molecule has 106 valence electrons. The summed E-state index contributed by atoms with van der Waals surface area (Å²) in [5.74, 6) is -0.853. The van der Waals surface area contributed by atoms with Crippen LogP contribution < -0.4 is 10.6 Å². The molecule has 7 heteroatoms. The first-order valence-corrected chi connectivity index (χ1v) is 6.18. The summed E-state index contributed by atoms with van der Waals surface area (Å²) in [5, 5.41) is 13.7. The largest absolute Gasteiger partial charge is 0.396 e. The first kappa shape index (κ1) is 14.0. The van der Waals surface area contributed by atoms with Gasteiger partial charge in [-0.25, -0.2) is 4.79 Å². The van der Waals surface area contributed by atoms with Crippen LogP contribution in [0.5, 0.6) is 0 Å². The van der Waals surface area contributed by atoms with Gasteiger partial charge in [-0.1, -0.05) is 12.1 Å². The molecule has 0 unspecified atom stereocenters. The van der Waals surface area contributed by atoms with Crippen molar-refractivity contribution < 1.29 is 19.5 Å². The molecule has 0 aromatic heterocycles. The van der Waals surface area contributed by atoms with Crippen LogP contribution in [-0.2, 0) is 16.0 Å². The molecule has 2 rings (SSSR count). The van der Waals surface area contributed by atoms with Crippen LogP contribution in [0.2, 0.25) is 0 Å². The molecule has 0 aliphatic carbocycles. The highest BCUT2D eigenvalue weighted by Crippen LogP contribution is 2.10. The van der Waals surface area contributed by atoms with Crippen LogP contribution in [-0.4, -0.2) is 47.5 Å². The van der Waals surface area contributed by atoms with Gasteiger partial charge in [0.05, 0.1) is 6.54 Å². The maximum atomic E-state index is 11.7. The number of aliphatic hydroxyl groups is 1.